The molecule has 28 heavy (non-hydrogen) atoms. The van der Waals surface area contributed by atoms with Crippen molar-refractivity contribution in [2.24, 2.45) is 0 Å². The fourth-order valence-corrected chi connectivity index (χ4v) is 4.39. The smallest absolute Gasteiger partial charge is 0.150 e. The molecule has 2 aliphatic heterocycles. The first-order valence-corrected chi connectivity index (χ1v) is 10.3. The summed E-state index contributed by atoms with van der Waals surface area (Å²) in [5.41, 5.74) is 11.4. The lowest BCUT2D eigenvalue weighted by molar-refractivity contribution is -0.0406. The number of rotatable bonds is 3. The summed E-state index contributed by atoms with van der Waals surface area (Å²) in [6, 6.07) is 4.18. The van der Waals surface area contributed by atoms with Crippen LogP contribution in [0.3, 0.4) is 0 Å². The highest BCUT2D eigenvalue weighted by Crippen LogP contribution is 2.35. The van der Waals surface area contributed by atoms with Crippen LogP contribution < -0.4 is 5.73 Å². The number of nitrogen functional groups attached to an aromatic ring is 1. The summed E-state index contributed by atoms with van der Waals surface area (Å²) in [5, 5.41) is 10.2. The molecule has 0 aliphatic carbocycles. The van der Waals surface area contributed by atoms with Gasteiger partial charge in [-0.15, -0.1) is 0 Å². The molecule has 2 aromatic heterocycles. The number of ether oxygens (including phenoxy) is 2. The Balaban J connectivity index is 1.55. The van der Waals surface area contributed by atoms with Crippen molar-refractivity contribution >= 4 is 16.6 Å². The van der Waals surface area contributed by atoms with Crippen molar-refractivity contribution in [3.8, 4) is 11.1 Å². The van der Waals surface area contributed by atoms with Crippen LogP contribution in [0.1, 0.15) is 56.7 Å². The molecule has 5 rings (SSSR count). The molecule has 2 N–H and O–H groups in total. The highest BCUT2D eigenvalue weighted by atomic mass is 16.5. The second kappa shape index (κ2) is 7.22. The lowest BCUT2D eigenvalue weighted by atomic mass is 10.0. The molecule has 2 aliphatic rings. The molecule has 2 fully saturated rings. The van der Waals surface area contributed by atoms with Crippen LogP contribution in [0.2, 0.25) is 0 Å². The van der Waals surface area contributed by atoms with Gasteiger partial charge in [-0.05, 0) is 63.1 Å². The zero-order valence-corrected chi connectivity index (χ0v) is 16.3. The molecule has 0 spiro atoms. The van der Waals surface area contributed by atoms with Gasteiger partial charge in [0.2, 0.25) is 0 Å². The van der Waals surface area contributed by atoms with E-state index in [0.29, 0.717) is 0 Å². The quantitative estimate of drug-likeness (QED) is 0.688. The molecule has 1 aromatic carbocycles. The number of hydrogen-bond donors (Lipinski definition) is 1. The summed E-state index contributed by atoms with van der Waals surface area (Å²) in [6.07, 6.45) is 10.4. The molecule has 0 amide bonds. The molecule has 2 unspecified atom stereocenters. The zero-order chi connectivity index (χ0) is 19.1. The van der Waals surface area contributed by atoms with Crippen LogP contribution in [0.5, 0.6) is 0 Å². The van der Waals surface area contributed by atoms with E-state index in [0.717, 1.165) is 78.7 Å². The van der Waals surface area contributed by atoms with Crippen LogP contribution in [-0.2, 0) is 9.47 Å². The second-order valence-electron chi connectivity index (χ2n) is 7.82. The lowest BCUT2D eigenvalue weighted by Gasteiger charge is -2.24. The maximum Gasteiger partial charge on any atom is 0.150 e. The Labute approximate surface area is 164 Å². The summed E-state index contributed by atoms with van der Waals surface area (Å²) in [5.74, 6) is 0. The van der Waals surface area contributed by atoms with E-state index in [1.165, 1.54) is 6.42 Å². The van der Waals surface area contributed by atoms with Crippen molar-refractivity contribution in [1.29, 1.82) is 0 Å². The first-order chi connectivity index (χ1) is 13.7. The van der Waals surface area contributed by atoms with E-state index in [1.807, 2.05) is 27.8 Å². The Kier molecular flexibility index (Phi) is 4.56. The number of nitrogens with two attached hydrogens (primary N) is 1. The van der Waals surface area contributed by atoms with Gasteiger partial charge >= 0.3 is 0 Å². The van der Waals surface area contributed by atoms with E-state index < -0.39 is 0 Å². The monoisotopic (exact) mass is 381 g/mol. The average Bonchev–Trinajstić information content (AvgIpc) is 3.33. The van der Waals surface area contributed by atoms with Crippen LogP contribution >= 0.6 is 0 Å². The topological polar surface area (TPSA) is 80.1 Å². The molecule has 2 atom stereocenters. The SMILES string of the molecule is Cc1c(-c2cc(N)c3cnn(C4CCCCO4)c3c2)cnn1C1CCCCO1. The third kappa shape index (κ3) is 2.99. The largest absolute Gasteiger partial charge is 0.398 e. The Hall–Kier alpha value is -2.38. The molecular formula is C21H27N5O2. The molecule has 7 nitrogen and oxygen atoms in total. The van der Waals surface area contributed by atoms with Gasteiger partial charge in [0.15, 0.2) is 6.23 Å². The predicted molar refractivity (Wildman–Crippen MR) is 108 cm³/mol. The maximum absolute atomic E-state index is 6.39. The van der Waals surface area contributed by atoms with Gasteiger partial charge in [-0.25, -0.2) is 9.36 Å². The molecule has 148 valence electrons. The van der Waals surface area contributed by atoms with Crippen molar-refractivity contribution < 1.29 is 9.47 Å². The standard InChI is InChI=1S/C21H27N5O2/c1-14-16(12-23-25(14)20-6-2-4-8-27-20)15-10-18(22)17-13-24-26(19(17)11-15)21-7-3-5-9-28-21/h10-13,20-21H,2-9,22H2,1H3. The Morgan fingerprint density at radius 1 is 0.929 bits per heavy atom. The third-order valence-electron chi connectivity index (χ3n) is 5.96. The Morgan fingerprint density at radius 3 is 2.29 bits per heavy atom. The molecule has 7 heteroatoms. The molecule has 3 aromatic rings. The highest BCUT2D eigenvalue weighted by Gasteiger charge is 2.22. The summed E-state index contributed by atoms with van der Waals surface area (Å²) in [4.78, 5) is 0. The maximum atomic E-state index is 6.39. The van der Waals surface area contributed by atoms with Gasteiger partial charge in [0.25, 0.3) is 0 Å². The molecule has 0 saturated carbocycles. The minimum absolute atomic E-state index is 0.0136. The number of hydrogen-bond acceptors (Lipinski definition) is 5. The van der Waals surface area contributed by atoms with Crippen molar-refractivity contribution in [2.45, 2.75) is 57.9 Å². The minimum atomic E-state index is -0.0136. The van der Waals surface area contributed by atoms with E-state index >= 15 is 0 Å². The van der Waals surface area contributed by atoms with E-state index in [9.17, 15) is 0 Å². The highest BCUT2D eigenvalue weighted by molar-refractivity contribution is 5.94. The van der Waals surface area contributed by atoms with Crippen molar-refractivity contribution in [1.82, 2.24) is 19.6 Å². The van der Waals surface area contributed by atoms with Crippen LogP contribution in [-0.4, -0.2) is 32.8 Å². The first kappa shape index (κ1) is 17.7. The molecular weight excluding hydrogens is 354 g/mol. The van der Waals surface area contributed by atoms with E-state index in [-0.39, 0.29) is 12.5 Å². The van der Waals surface area contributed by atoms with Crippen LogP contribution in [0, 0.1) is 6.92 Å². The molecule has 0 radical (unpaired) electrons. The van der Waals surface area contributed by atoms with Crippen molar-refractivity contribution in [2.75, 3.05) is 18.9 Å². The van der Waals surface area contributed by atoms with Crippen molar-refractivity contribution in [3.05, 3.63) is 30.2 Å². The van der Waals surface area contributed by atoms with Gasteiger partial charge in [-0.3, -0.25) is 0 Å². The molecule has 0 bridgehead atoms. The van der Waals surface area contributed by atoms with Gasteiger partial charge in [0.1, 0.15) is 6.23 Å². The fourth-order valence-electron chi connectivity index (χ4n) is 4.39. The normalized spacial score (nSPS) is 23.3. The number of benzene rings is 1. The van der Waals surface area contributed by atoms with E-state index in [2.05, 4.69) is 23.2 Å². The van der Waals surface area contributed by atoms with Gasteiger partial charge < -0.3 is 15.2 Å². The summed E-state index contributed by atoms with van der Waals surface area (Å²) >= 11 is 0. The summed E-state index contributed by atoms with van der Waals surface area (Å²) in [6.45, 7) is 3.69. The number of aromatic nitrogens is 4. The first-order valence-electron chi connectivity index (χ1n) is 10.3. The van der Waals surface area contributed by atoms with Gasteiger partial charge in [-0.1, -0.05) is 0 Å². The van der Waals surface area contributed by atoms with Crippen LogP contribution in [0.4, 0.5) is 5.69 Å². The fraction of sp³-hybridized carbons (Fsp3) is 0.524. The Bertz CT molecular complexity index is 980. The average molecular weight is 381 g/mol. The number of nitrogens with zero attached hydrogens (tertiary/aromatic N) is 4. The number of fused-ring (bicyclic) bond motifs is 1. The molecule has 4 heterocycles. The van der Waals surface area contributed by atoms with Crippen molar-refractivity contribution in [3.63, 3.8) is 0 Å². The van der Waals surface area contributed by atoms with E-state index in [1.54, 1.807) is 0 Å². The Morgan fingerprint density at radius 2 is 1.61 bits per heavy atom. The van der Waals surface area contributed by atoms with Gasteiger partial charge in [0, 0.05) is 35.5 Å². The number of anilines is 1. The van der Waals surface area contributed by atoms with Gasteiger partial charge in [-0.2, -0.15) is 10.2 Å². The van der Waals surface area contributed by atoms with Crippen LogP contribution in [0.15, 0.2) is 24.5 Å². The molecule has 2 saturated heterocycles. The second-order valence-corrected chi connectivity index (χ2v) is 7.82. The van der Waals surface area contributed by atoms with Gasteiger partial charge in [0.05, 0.1) is 17.9 Å². The predicted octanol–water partition coefficient (Wildman–Crippen LogP) is 4.19. The summed E-state index contributed by atoms with van der Waals surface area (Å²) in [7, 11) is 0. The van der Waals surface area contributed by atoms with Crippen LogP contribution in [0.25, 0.3) is 22.0 Å². The third-order valence-corrected chi connectivity index (χ3v) is 5.96. The summed E-state index contributed by atoms with van der Waals surface area (Å²) < 4.78 is 15.9. The minimum Gasteiger partial charge on any atom is -0.398 e. The van der Waals surface area contributed by atoms with E-state index in [4.69, 9.17) is 15.2 Å². The zero-order valence-electron chi connectivity index (χ0n) is 16.3. The lowest BCUT2D eigenvalue weighted by Crippen LogP contribution is -2.20.